The molecule has 170 valence electrons. The van der Waals surface area contributed by atoms with Crippen LogP contribution in [0.2, 0.25) is 0 Å². The predicted octanol–water partition coefficient (Wildman–Crippen LogP) is 3.50. The summed E-state index contributed by atoms with van der Waals surface area (Å²) in [6.07, 6.45) is 5.11. The number of nitrogens with one attached hydrogen (secondary N) is 1. The van der Waals surface area contributed by atoms with Gasteiger partial charge in [-0.3, -0.25) is 0 Å². The third kappa shape index (κ3) is 4.34. The second-order valence-corrected chi connectivity index (χ2v) is 8.49. The molecule has 5 rings (SSSR count). The Labute approximate surface area is 191 Å². The topological polar surface area (TPSA) is 87.9 Å². The molecule has 0 radical (unpaired) electrons. The van der Waals surface area contributed by atoms with Gasteiger partial charge in [-0.05, 0) is 45.2 Å². The lowest BCUT2D eigenvalue weighted by Gasteiger charge is -2.33. The molecule has 0 amide bonds. The monoisotopic (exact) mass is 447 g/mol. The molecule has 1 N–H and O–H groups in total. The van der Waals surface area contributed by atoms with Crippen LogP contribution in [-0.4, -0.2) is 67.6 Å². The van der Waals surface area contributed by atoms with Crippen molar-refractivity contribution in [1.29, 1.82) is 0 Å². The molecule has 1 saturated heterocycles. The lowest BCUT2D eigenvalue weighted by atomic mass is 10.2. The summed E-state index contributed by atoms with van der Waals surface area (Å²) in [5.41, 5.74) is 2.97. The molecular formula is C23H26FN9. The Morgan fingerprint density at radius 1 is 0.970 bits per heavy atom. The van der Waals surface area contributed by atoms with Gasteiger partial charge in [-0.15, -0.1) is 0 Å². The average Bonchev–Trinajstić information content (AvgIpc) is 3.25. The summed E-state index contributed by atoms with van der Waals surface area (Å²) in [7, 11) is 2.14. The number of anilines is 3. The van der Waals surface area contributed by atoms with Gasteiger partial charge in [0.15, 0.2) is 0 Å². The Hall–Kier alpha value is -3.66. The van der Waals surface area contributed by atoms with Crippen molar-refractivity contribution in [2.24, 2.45) is 0 Å². The van der Waals surface area contributed by atoms with Crippen LogP contribution in [0.15, 0.2) is 43.0 Å². The minimum absolute atomic E-state index is 0.146. The minimum atomic E-state index is -0.615. The molecule has 5 heterocycles. The second kappa shape index (κ2) is 8.70. The van der Waals surface area contributed by atoms with Crippen molar-refractivity contribution in [1.82, 2.24) is 34.4 Å². The Kier molecular flexibility index (Phi) is 5.59. The zero-order chi connectivity index (χ0) is 22.9. The summed E-state index contributed by atoms with van der Waals surface area (Å²) >= 11 is 0. The first-order valence-electron chi connectivity index (χ1n) is 11.0. The van der Waals surface area contributed by atoms with E-state index in [0.717, 1.165) is 31.9 Å². The van der Waals surface area contributed by atoms with Gasteiger partial charge in [-0.25, -0.2) is 24.9 Å². The van der Waals surface area contributed by atoms with E-state index in [2.05, 4.69) is 47.1 Å². The summed E-state index contributed by atoms with van der Waals surface area (Å²) in [6, 6.07) is 7.61. The van der Waals surface area contributed by atoms with Gasteiger partial charge in [0.05, 0.1) is 35.1 Å². The van der Waals surface area contributed by atoms with E-state index in [4.69, 9.17) is 0 Å². The van der Waals surface area contributed by atoms with Gasteiger partial charge in [0.1, 0.15) is 11.3 Å². The van der Waals surface area contributed by atoms with Gasteiger partial charge >= 0.3 is 0 Å². The number of pyridine rings is 2. The van der Waals surface area contributed by atoms with E-state index in [1.54, 1.807) is 24.7 Å². The van der Waals surface area contributed by atoms with Crippen molar-refractivity contribution in [2.45, 2.75) is 19.9 Å². The minimum Gasteiger partial charge on any atom is -0.368 e. The van der Waals surface area contributed by atoms with Crippen molar-refractivity contribution in [2.75, 3.05) is 43.4 Å². The highest BCUT2D eigenvalue weighted by Crippen LogP contribution is 2.25. The largest absolute Gasteiger partial charge is 0.368 e. The van der Waals surface area contributed by atoms with Gasteiger partial charge in [0, 0.05) is 38.4 Å². The van der Waals surface area contributed by atoms with E-state index < -0.39 is 5.95 Å². The predicted molar refractivity (Wildman–Crippen MR) is 126 cm³/mol. The van der Waals surface area contributed by atoms with Gasteiger partial charge in [-0.2, -0.15) is 4.39 Å². The van der Waals surface area contributed by atoms with E-state index in [1.807, 2.05) is 36.7 Å². The Balaban J connectivity index is 1.37. The SMILES string of the molecule is CC(C)n1cnc2c(F)nc(-c3ccnc(Nc4ccc(N5CCN(C)CC5)cn4)n3)cc21. The number of aromatic nitrogens is 6. The lowest BCUT2D eigenvalue weighted by Crippen LogP contribution is -2.44. The van der Waals surface area contributed by atoms with E-state index in [0.29, 0.717) is 28.7 Å². The highest BCUT2D eigenvalue weighted by molar-refractivity contribution is 5.79. The number of hydrogen-bond acceptors (Lipinski definition) is 8. The number of imidazole rings is 1. The maximum Gasteiger partial charge on any atom is 0.241 e. The van der Waals surface area contributed by atoms with Crippen LogP contribution in [0.5, 0.6) is 0 Å². The van der Waals surface area contributed by atoms with Crippen LogP contribution in [0.3, 0.4) is 0 Å². The molecule has 1 aliphatic heterocycles. The molecule has 1 fully saturated rings. The van der Waals surface area contributed by atoms with E-state index in [9.17, 15) is 4.39 Å². The summed E-state index contributed by atoms with van der Waals surface area (Å²) in [4.78, 5) is 26.2. The zero-order valence-electron chi connectivity index (χ0n) is 18.9. The standard InChI is InChI=1S/C23H26FN9/c1-15(2)33-14-27-21-19(33)12-18(28-22(21)24)17-6-7-25-23(29-17)30-20-5-4-16(13-26-20)32-10-8-31(3)9-11-32/h4-7,12-15H,8-11H2,1-3H3,(H,25,26,29,30). The van der Waals surface area contributed by atoms with Gasteiger partial charge < -0.3 is 19.7 Å². The molecule has 0 saturated carbocycles. The summed E-state index contributed by atoms with van der Waals surface area (Å²) < 4.78 is 16.5. The first-order chi connectivity index (χ1) is 16.0. The number of likely N-dealkylation sites (N-methyl/N-ethyl adjacent to an activating group) is 1. The lowest BCUT2D eigenvalue weighted by molar-refractivity contribution is 0.313. The van der Waals surface area contributed by atoms with Gasteiger partial charge in [0.2, 0.25) is 11.9 Å². The average molecular weight is 448 g/mol. The Bertz CT molecular complexity index is 1260. The van der Waals surface area contributed by atoms with Crippen molar-refractivity contribution in [3.05, 3.63) is 48.9 Å². The molecule has 0 unspecified atom stereocenters. The quantitative estimate of drug-likeness (QED) is 0.465. The number of nitrogens with zero attached hydrogens (tertiary/aromatic N) is 8. The smallest absolute Gasteiger partial charge is 0.241 e. The van der Waals surface area contributed by atoms with Crippen LogP contribution in [0, 0.1) is 5.95 Å². The van der Waals surface area contributed by atoms with E-state index in [-0.39, 0.29) is 11.6 Å². The number of rotatable bonds is 5. The highest BCUT2D eigenvalue weighted by atomic mass is 19.1. The van der Waals surface area contributed by atoms with Crippen LogP contribution in [0.1, 0.15) is 19.9 Å². The number of piperazine rings is 1. The fraction of sp³-hybridized carbons (Fsp3) is 0.348. The third-order valence-corrected chi connectivity index (χ3v) is 5.85. The van der Waals surface area contributed by atoms with E-state index in [1.165, 1.54) is 0 Å². The maximum absolute atomic E-state index is 14.6. The molecule has 0 spiro atoms. The number of halogens is 1. The number of fused-ring (bicyclic) bond motifs is 1. The second-order valence-electron chi connectivity index (χ2n) is 8.49. The van der Waals surface area contributed by atoms with Crippen molar-refractivity contribution in [3.8, 4) is 11.4 Å². The Morgan fingerprint density at radius 2 is 1.79 bits per heavy atom. The highest BCUT2D eigenvalue weighted by Gasteiger charge is 2.16. The summed E-state index contributed by atoms with van der Waals surface area (Å²) in [5, 5.41) is 3.13. The van der Waals surface area contributed by atoms with Crippen molar-refractivity contribution < 1.29 is 4.39 Å². The van der Waals surface area contributed by atoms with Gasteiger partial charge in [-0.1, -0.05) is 0 Å². The summed E-state index contributed by atoms with van der Waals surface area (Å²) in [5.74, 6) is 0.390. The first-order valence-corrected chi connectivity index (χ1v) is 11.0. The van der Waals surface area contributed by atoms with Crippen molar-refractivity contribution in [3.63, 3.8) is 0 Å². The fourth-order valence-corrected chi connectivity index (χ4v) is 3.92. The summed E-state index contributed by atoms with van der Waals surface area (Å²) in [6.45, 7) is 8.10. The number of hydrogen-bond donors (Lipinski definition) is 1. The third-order valence-electron chi connectivity index (χ3n) is 5.85. The molecule has 1 aliphatic rings. The van der Waals surface area contributed by atoms with E-state index >= 15 is 0 Å². The molecule has 0 atom stereocenters. The molecule has 33 heavy (non-hydrogen) atoms. The molecule has 0 bridgehead atoms. The maximum atomic E-state index is 14.6. The van der Waals surface area contributed by atoms with Crippen molar-refractivity contribution >= 4 is 28.5 Å². The molecule has 0 aromatic carbocycles. The fourth-order valence-electron chi connectivity index (χ4n) is 3.92. The Morgan fingerprint density at radius 3 is 2.52 bits per heavy atom. The van der Waals surface area contributed by atoms with Crippen LogP contribution < -0.4 is 10.2 Å². The molecule has 10 heteroatoms. The molecule has 0 aliphatic carbocycles. The van der Waals surface area contributed by atoms with Crippen LogP contribution in [-0.2, 0) is 0 Å². The first kappa shape index (κ1) is 21.2. The molecule has 4 aromatic rings. The molecule has 4 aromatic heterocycles. The normalized spacial score (nSPS) is 14.9. The van der Waals surface area contributed by atoms with Crippen LogP contribution in [0.4, 0.5) is 21.8 Å². The van der Waals surface area contributed by atoms with Gasteiger partial charge in [0.25, 0.3) is 0 Å². The van der Waals surface area contributed by atoms with Crippen LogP contribution >= 0.6 is 0 Å². The molecule has 9 nitrogen and oxygen atoms in total. The zero-order valence-corrected chi connectivity index (χ0v) is 18.9. The molecular weight excluding hydrogens is 421 g/mol. The van der Waals surface area contributed by atoms with Crippen LogP contribution in [0.25, 0.3) is 22.4 Å².